The molecule has 0 aromatic rings. The number of nitrogens with one attached hydrogen (secondary N) is 1. The number of aliphatic carboxylic acids is 1. The van der Waals surface area contributed by atoms with Gasteiger partial charge >= 0.3 is 5.97 Å². The van der Waals surface area contributed by atoms with Gasteiger partial charge in [0.15, 0.2) is 18.0 Å². The van der Waals surface area contributed by atoms with Gasteiger partial charge in [0.2, 0.25) is 0 Å². The fourth-order valence-electron chi connectivity index (χ4n) is 3.76. The number of nitrogens with two attached hydrogens (primary N) is 2. The lowest BCUT2D eigenvalue weighted by Crippen LogP contribution is -2.72. The highest BCUT2D eigenvalue weighted by Gasteiger charge is 2.54. The van der Waals surface area contributed by atoms with E-state index >= 15 is 0 Å². The maximum Gasteiger partial charge on any atom is 0.320 e. The van der Waals surface area contributed by atoms with Gasteiger partial charge in [-0.25, -0.2) is 0 Å². The van der Waals surface area contributed by atoms with Gasteiger partial charge in [0.1, 0.15) is 48.8 Å². The number of hydrogen-bond acceptors (Lipinski definition) is 13. The Bertz CT molecular complexity index is 696. The summed E-state index contributed by atoms with van der Waals surface area (Å²) in [5.74, 6) is -1.49. The van der Waals surface area contributed by atoms with E-state index in [1.54, 1.807) is 0 Å². The molecule has 0 aromatic heterocycles. The Morgan fingerprint density at radius 1 is 1.15 bits per heavy atom. The highest BCUT2D eigenvalue weighted by atomic mass is 16.7. The molecule has 0 bridgehead atoms. The Labute approximate surface area is 194 Å². The number of aliphatic imine (C=N–C) groups is 1. The van der Waals surface area contributed by atoms with Crippen LogP contribution in [0.25, 0.3) is 0 Å². The van der Waals surface area contributed by atoms with Gasteiger partial charge in [-0.05, 0) is 12.8 Å². The first-order chi connectivity index (χ1) is 16.0. The van der Waals surface area contributed by atoms with Gasteiger partial charge in [0.05, 0.1) is 19.8 Å². The average molecular weight is 498 g/mol. The van der Waals surface area contributed by atoms with Crippen molar-refractivity contribution in [1.82, 2.24) is 5.32 Å². The molecule has 0 unspecified atom stereocenters. The molecule has 16 heteroatoms. The van der Waals surface area contributed by atoms with E-state index < -0.39 is 86.6 Å². The smallest absolute Gasteiger partial charge is 0.320 e. The summed E-state index contributed by atoms with van der Waals surface area (Å²) in [6, 6.07) is -1.33. The van der Waals surface area contributed by atoms with Crippen LogP contribution in [0.3, 0.4) is 0 Å². The molecule has 0 spiro atoms. The van der Waals surface area contributed by atoms with Crippen LogP contribution in [0.2, 0.25) is 0 Å². The van der Waals surface area contributed by atoms with Crippen molar-refractivity contribution in [1.29, 1.82) is 0 Å². The molecule has 2 heterocycles. The van der Waals surface area contributed by atoms with E-state index in [9.17, 15) is 45.6 Å². The van der Waals surface area contributed by atoms with Crippen LogP contribution < -0.4 is 16.8 Å². The van der Waals surface area contributed by atoms with Crippen molar-refractivity contribution in [3.8, 4) is 0 Å². The molecule has 0 amide bonds. The minimum atomic E-state index is -2.10. The van der Waals surface area contributed by atoms with E-state index in [1.807, 2.05) is 0 Å². The molecule has 2 aliphatic heterocycles. The SMILES string of the molecule is NC(N)=NCCC[C@H](N[C@@]1(CO)OC[C@@H](O)[C@@H](O[C@@H]2O[C@H](CO)[C@@H](O)[C@H](O)[C@H]2O)[C@@H]1O)C(=O)O. The van der Waals surface area contributed by atoms with Crippen molar-refractivity contribution in [2.24, 2.45) is 16.5 Å². The molecule has 0 aromatic carbocycles. The van der Waals surface area contributed by atoms with Crippen LogP contribution in [0.15, 0.2) is 4.99 Å². The van der Waals surface area contributed by atoms with Crippen molar-refractivity contribution >= 4 is 11.9 Å². The molecular formula is C18H34N4O12. The molecule has 198 valence electrons. The first-order valence-corrected chi connectivity index (χ1v) is 10.6. The van der Waals surface area contributed by atoms with Crippen LogP contribution in [-0.4, -0.2) is 140 Å². The third-order valence-electron chi connectivity index (χ3n) is 5.72. The zero-order chi connectivity index (χ0) is 25.6. The van der Waals surface area contributed by atoms with E-state index in [2.05, 4.69) is 10.3 Å². The zero-order valence-electron chi connectivity index (χ0n) is 18.3. The second-order valence-corrected chi connectivity index (χ2v) is 8.15. The van der Waals surface area contributed by atoms with E-state index in [1.165, 1.54) is 0 Å². The van der Waals surface area contributed by atoms with Crippen LogP contribution >= 0.6 is 0 Å². The number of guanidine groups is 1. The highest BCUT2D eigenvalue weighted by molar-refractivity contribution is 5.75. The van der Waals surface area contributed by atoms with Crippen molar-refractivity contribution < 1.29 is 59.9 Å². The van der Waals surface area contributed by atoms with E-state index in [-0.39, 0.29) is 25.3 Å². The van der Waals surface area contributed by atoms with Crippen molar-refractivity contribution in [2.45, 2.75) is 73.6 Å². The third kappa shape index (κ3) is 6.49. The lowest BCUT2D eigenvalue weighted by Gasteiger charge is -2.49. The van der Waals surface area contributed by atoms with Gasteiger partial charge in [-0.2, -0.15) is 0 Å². The lowest BCUT2D eigenvalue weighted by atomic mass is 9.92. The molecule has 0 aliphatic carbocycles. The number of carbonyl (C=O) groups is 1. The fraction of sp³-hybridized carbons (Fsp3) is 0.889. The largest absolute Gasteiger partial charge is 0.480 e. The van der Waals surface area contributed by atoms with Crippen molar-refractivity contribution in [2.75, 3.05) is 26.4 Å². The summed E-state index contributed by atoms with van der Waals surface area (Å²) in [5, 5.41) is 82.6. The molecule has 16 nitrogen and oxygen atoms in total. The molecule has 2 aliphatic rings. The maximum atomic E-state index is 11.7. The molecule has 0 saturated carbocycles. The Morgan fingerprint density at radius 3 is 2.38 bits per heavy atom. The highest BCUT2D eigenvalue weighted by Crippen LogP contribution is 2.31. The molecule has 2 fully saturated rings. The predicted molar refractivity (Wildman–Crippen MR) is 111 cm³/mol. The molecule has 13 N–H and O–H groups in total. The van der Waals surface area contributed by atoms with Gasteiger partial charge in [-0.15, -0.1) is 0 Å². The number of rotatable bonds is 11. The number of hydrogen-bond donors (Lipinski definition) is 11. The van der Waals surface area contributed by atoms with E-state index in [0.29, 0.717) is 0 Å². The maximum absolute atomic E-state index is 11.7. The van der Waals surface area contributed by atoms with Gasteiger partial charge < -0.3 is 66.5 Å². The molecule has 2 rings (SSSR count). The summed E-state index contributed by atoms with van der Waals surface area (Å²) in [4.78, 5) is 15.5. The number of carboxylic acid groups (broad SMARTS) is 1. The molecular weight excluding hydrogens is 464 g/mol. The summed E-state index contributed by atoms with van der Waals surface area (Å²) < 4.78 is 16.1. The first-order valence-electron chi connectivity index (χ1n) is 10.6. The summed E-state index contributed by atoms with van der Waals surface area (Å²) >= 11 is 0. The van der Waals surface area contributed by atoms with Gasteiger partial charge in [0.25, 0.3) is 0 Å². The number of carboxylic acids is 1. The van der Waals surface area contributed by atoms with E-state index in [4.69, 9.17) is 25.7 Å². The second kappa shape index (κ2) is 12.3. The van der Waals surface area contributed by atoms with Gasteiger partial charge in [0, 0.05) is 6.54 Å². The lowest BCUT2D eigenvalue weighted by molar-refractivity contribution is -0.347. The summed E-state index contributed by atoms with van der Waals surface area (Å²) in [7, 11) is 0. The Kier molecular flexibility index (Phi) is 10.3. The minimum absolute atomic E-state index is 0.0231. The second-order valence-electron chi connectivity index (χ2n) is 8.15. The standard InChI is InChI=1S/C18H34N4O12/c19-17(20)21-3-1-2-7(15(30)31)22-18(6-24)14(29)13(8(25)5-32-18)34-16-12(28)11(27)10(26)9(4-23)33-16/h7-14,16,22-29H,1-6H2,(H,30,31)(H4,19,20,21)/t7-,8+,9+,10+,11-,12+,13+,14-,16-,18-/m0/s1. The monoisotopic (exact) mass is 498 g/mol. The number of nitrogens with zero attached hydrogens (tertiary/aromatic N) is 1. The third-order valence-corrected chi connectivity index (χ3v) is 5.72. The molecule has 34 heavy (non-hydrogen) atoms. The van der Waals surface area contributed by atoms with Crippen LogP contribution in [0.5, 0.6) is 0 Å². The van der Waals surface area contributed by atoms with Crippen LogP contribution in [0.1, 0.15) is 12.8 Å². The minimum Gasteiger partial charge on any atom is -0.480 e. The quantitative estimate of drug-likeness (QED) is 0.0717. The molecule has 2 saturated heterocycles. The average Bonchev–Trinajstić information content (AvgIpc) is 2.79. The van der Waals surface area contributed by atoms with Crippen molar-refractivity contribution in [3.05, 3.63) is 0 Å². The predicted octanol–water partition coefficient (Wildman–Crippen LogP) is -6.29. The van der Waals surface area contributed by atoms with E-state index in [0.717, 1.165) is 0 Å². The number of aliphatic hydroxyl groups excluding tert-OH is 7. The number of ether oxygens (including phenoxy) is 3. The van der Waals surface area contributed by atoms with Crippen LogP contribution in [-0.2, 0) is 19.0 Å². The topological polar surface area (TPSA) is 283 Å². The zero-order valence-corrected chi connectivity index (χ0v) is 18.3. The fourth-order valence-corrected chi connectivity index (χ4v) is 3.76. The first kappa shape index (κ1) is 28.5. The van der Waals surface area contributed by atoms with Crippen LogP contribution in [0.4, 0.5) is 0 Å². The molecule has 0 radical (unpaired) electrons. The van der Waals surface area contributed by atoms with Gasteiger partial charge in [-0.3, -0.25) is 15.1 Å². The summed E-state index contributed by atoms with van der Waals surface area (Å²) in [5.41, 5.74) is 8.36. The Morgan fingerprint density at radius 2 is 1.82 bits per heavy atom. The van der Waals surface area contributed by atoms with Crippen LogP contribution in [0, 0.1) is 0 Å². The summed E-state index contributed by atoms with van der Waals surface area (Å²) in [6.07, 6.45) is -13.1. The van der Waals surface area contributed by atoms with Gasteiger partial charge in [-0.1, -0.05) is 0 Å². The number of aliphatic hydroxyl groups is 7. The summed E-state index contributed by atoms with van der Waals surface area (Å²) in [6.45, 7) is -2.06. The Balaban J connectivity index is 2.17. The van der Waals surface area contributed by atoms with Crippen molar-refractivity contribution in [3.63, 3.8) is 0 Å². The molecule has 10 atom stereocenters. The Hall–Kier alpha value is -1.70. The normalized spacial score (nSPS) is 39.4.